The van der Waals surface area contributed by atoms with Gasteiger partial charge in [-0.2, -0.15) is 17.9 Å². The van der Waals surface area contributed by atoms with Crippen LogP contribution in [0.15, 0.2) is 0 Å². The van der Waals surface area contributed by atoms with Gasteiger partial charge in [-0.3, -0.25) is 4.90 Å². The first kappa shape index (κ1) is 13.2. The van der Waals surface area contributed by atoms with Crippen LogP contribution in [-0.4, -0.2) is 29.8 Å². The Kier molecular flexibility index (Phi) is 4.76. The summed E-state index contributed by atoms with van der Waals surface area (Å²) >= 11 is 4.61. The summed E-state index contributed by atoms with van der Waals surface area (Å²) < 4.78 is 0. The summed E-state index contributed by atoms with van der Waals surface area (Å²) in [7, 11) is 0. The number of thiol groups is 1. The quantitative estimate of drug-likeness (QED) is 0.735. The van der Waals surface area contributed by atoms with E-state index >= 15 is 0 Å². The first-order valence-corrected chi connectivity index (χ1v) is 7.65. The standard InChI is InChI=1S/C14H24N2S/c15-9-4-10-16(13-5-6-13)11-14(12-17)7-2-1-3-8-14/h13,17H,1-8,10-12H2. The molecule has 0 amide bonds. The first-order chi connectivity index (χ1) is 8.29. The lowest BCUT2D eigenvalue weighted by atomic mass is 9.75. The maximum Gasteiger partial charge on any atom is 0.0635 e. The molecule has 0 N–H and O–H groups in total. The Labute approximate surface area is 111 Å². The molecule has 2 fully saturated rings. The number of hydrogen-bond acceptors (Lipinski definition) is 3. The molecule has 0 radical (unpaired) electrons. The van der Waals surface area contributed by atoms with Crippen LogP contribution in [0.4, 0.5) is 0 Å². The van der Waals surface area contributed by atoms with Gasteiger partial charge in [0.1, 0.15) is 0 Å². The van der Waals surface area contributed by atoms with E-state index in [0.717, 1.165) is 18.3 Å². The van der Waals surface area contributed by atoms with Gasteiger partial charge in [0.25, 0.3) is 0 Å². The lowest BCUT2D eigenvalue weighted by molar-refractivity contribution is 0.122. The maximum atomic E-state index is 8.75. The van der Waals surface area contributed by atoms with Gasteiger partial charge < -0.3 is 0 Å². The van der Waals surface area contributed by atoms with Gasteiger partial charge in [-0.25, -0.2) is 0 Å². The highest BCUT2D eigenvalue weighted by Gasteiger charge is 2.37. The summed E-state index contributed by atoms with van der Waals surface area (Å²) in [5.74, 6) is 1.02. The summed E-state index contributed by atoms with van der Waals surface area (Å²) in [4.78, 5) is 2.57. The SMILES string of the molecule is N#CCCN(CC1(CS)CCCCC1)C1CC1. The Bertz CT molecular complexity index is 274. The van der Waals surface area contributed by atoms with Gasteiger partial charge in [0.05, 0.1) is 6.07 Å². The van der Waals surface area contributed by atoms with Gasteiger partial charge in [-0.1, -0.05) is 19.3 Å². The first-order valence-electron chi connectivity index (χ1n) is 7.01. The molecule has 0 bridgehead atoms. The van der Waals surface area contributed by atoms with E-state index in [0.29, 0.717) is 11.8 Å². The molecule has 2 aliphatic rings. The molecule has 0 spiro atoms. The van der Waals surface area contributed by atoms with E-state index in [1.54, 1.807) is 0 Å². The summed E-state index contributed by atoms with van der Waals surface area (Å²) in [6.07, 6.45) is 10.2. The molecule has 0 aliphatic heterocycles. The fourth-order valence-electron chi connectivity index (χ4n) is 3.12. The number of nitriles is 1. The van der Waals surface area contributed by atoms with Gasteiger partial charge in [-0.05, 0) is 36.9 Å². The second-order valence-electron chi connectivity index (χ2n) is 5.83. The lowest BCUT2D eigenvalue weighted by Gasteiger charge is -2.40. The smallest absolute Gasteiger partial charge is 0.0635 e. The minimum Gasteiger partial charge on any atom is -0.299 e. The normalized spacial score (nSPS) is 23.6. The number of rotatable bonds is 6. The summed E-state index contributed by atoms with van der Waals surface area (Å²) in [6.45, 7) is 2.15. The highest BCUT2D eigenvalue weighted by molar-refractivity contribution is 7.80. The Morgan fingerprint density at radius 2 is 1.94 bits per heavy atom. The average Bonchev–Trinajstić information content (AvgIpc) is 3.20. The van der Waals surface area contributed by atoms with Crippen LogP contribution >= 0.6 is 12.6 Å². The molecular weight excluding hydrogens is 228 g/mol. The van der Waals surface area contributed by atoms with Crippen LogP contribution in [0, 0.1) is 16.7 Å². The highest BCUT2D eigenvalue weighted by Crippen LogP contribution is 2.40. The van der Waals surface area contributed by atoms with Crippen molar-refractivity contribution in [1.29, 1.82) is 5.26 Å². The predicted molar refractivity (Wildman–Crippen MR) is 74.2 cm³/mol. The van der Waals surface area contributed by atoms with E-state index in [1.807, 2.05) is 0 Å². The number of hydrogen-bond donors (Lipinski definition) is 1. The second-order valence-corrected chi connectivity index (χ2v) is 6.14. The number of nitrogens with zero attached hydrogens (tertiary/aromatic N) is 2. The predicted octanol–water partition coefficient (Wildman–Crippen LogP) is 3.24. The molecule has 2 aliphatic carbocycles. The molecule has 0 aromatic carbocycles. The van der Waals surface area contributed by atoms with Crippen LogP contribution in [0.5, 0.6) is 0 Å². The molecule has 0 heterocycles. The molecule has 0 unspecified atom stereocenters. The van der Waals surface area contributed by atoms with E-state index in [1.165, 1.54) is 51.5 Å². The third kappa shape index (κ3) is 3.63. The van der Waals surface area contributed by atoms with Crippen molar-refractivity contribution < 1.29 is 0 Å². The molecule has 17 heavy (non-hydrogen) atoms. The van der Waals surface area contributed by atoms with Crippen molar-refractivity contribution >= 4 is 12.6 Å². The monoisotopic (exact) mass is 252 g/mol. The van der Waals surface area contributed by atoms with Crippen LogP contribution in [0.2, 0.25) is 0 Å². The molecule has 0 saturated heterocycles. The maximum absolute atomic E-state index is 8.75. The molecule has 2 nitrogen and oxygen atoms in total. The van der Waals surface area contributed by atoms with Crippen LogP contribution in [0.25, 0.3) is 0 Å². The fraction of sp³-hybridized carbons (Fsp3) is 0.929. The fourth-order valence-corrected chi connectivity index (χ4v) is 3.54. The zero-order valence-corrected chi connectivity index (χ0v) is 11.6. The molecule has 0 aromatic heterocycles. The third-order valence-corrected chi connectivity index (χ3v) is 5.03. The van der Waals surface area contributed by atoms with Crippen molar-refractivity contribution in [1.82, 2.24) is 4.90 Å². The summed E-state index contributed by atoms with van der Waals surface area (Å²) in [5, 5.41) is 8.75. The van der Waals surface area contributed by atoms with E-state index in [2.05, 4.69) is 23.6 Å². The zero-order chi connectivity index (χ0) is 12.1. The molecule has 96 valence electrons. The zero-order valence-electron chi connectivity index (χ0n) is 10.7. The molecule has 0 aromatic rings. The Morgan fingerprint density at radius 3 is 2.47 bits per heavy atom. The van der Waals surface area contributed by atoms with Crippen LogP contribution in [0.3, 0.4) is 0 Å². The summed E-state index contributed by atoms with van der Waals surface area (Å²) in [5.41, 5.74) is 0.444. The average molecular weight is 252 g/mol. The minimum absolute atomic E-state index is 0.444. The minimum atomic E-state index is 0.444. The molecule has 2 saturated carbocycles. The van der Waals surface area contributed by atoms with Crippen LogP contribution in [0.1, 0.15) is 51.4 Å². The Morgan fingerprint density at radius 1 is 1.24 bits per heavy atom. The largest absolute Gasteiger partial charge is 0.299 e. The molecule has 3 heteroatoms. The van der Waals surface area contributed by atoms with Crippen molar-refractivity contribution in [2.45, 2.75) is 57.4 Å². The lowest BCUT2D eigenvalue weighted by Crippen LogP contribution is -2.42. The topological polar surface area (TPSA) is 27.0 Å². The van der Waals surface area contributed by atoms with E-state index in [4.69, 9.17) is 5.26 Å². The van der Waals surface area contributed by atoms with Crippen LogP contribution < -0.4 is 0 Å². The van der Waals surface area contributed by atoms with Crippen molar-refractivity contribution in [2.24, 2.45) is 5.41 Å². The summed E-state index contributed by atoms with van der Waals surface area (Å²) in [6, 6.07) is 3.07. The molecule has 2 rings (SSSR count). The van der Waals surface area contributed by atoms with E-state index < -0.39 is 0 Å². The second kappa shape index (κ2) is 6.11. The van der Waals surface area contributed by atoms with Gasteiger partial charge in [0, 0.05) is 25.6 Å². The van der Waals surface area contributed by atoms with Gasteiger partial charge in [0.2, 0.25) is 0 Å². The van der Waals surface area contributed by atoms with Crippen molar-refractivity contribution in [3.8, 4) is 6.07 Å². The van der Waals surface area contributed by atoms with Crippen molar-refractivity contribution in [3.05, 3.63) is 0 Å². The van der Waals surface area contributed by atoms with E-state index in [9.17, 15) is 0 Å². The molecule has 0 atom stereocenters. The van der Waals surface area contributed by atoms with Gasteiger partial charge in [-0.15, -0.1) is 0 Å². The van der Waals surface area contributed by atoms with E-state index in [-0.39, 0.29) is 0 Å². The third-order valence-electron chi connectivity index (χ3n) is 4.36. The van der Waals surface area contributed by atoms with Gasteiger partial charge >= 0.3 is 0 Å². The van der Waals surface area contributed by atoms with Crippen molar-refractivity contribution in [3.63, 3.8) is 0 Å². The highest BCUT2D eigenvalue weighted by atomic mass is 32.1. The molecular formula is C14H24N2S. The van der Waals surface area contributed by atoms with Gasteiger partial charge in [0.15, 0.2) is 0 Å². The Balaban J connectivity index is 1.92. The van der Waals surface area contributed by atoms with Crippen molar-refractivity contribution in [2.75, 3.05) is 18.8 Å². The van der Waals surface area contributed by atoms with Crippen LogP contribution in [-0.2, 0) is 0 Å². The Hall–Kier alpha value is -0.200.